The summed E-state index contributed by atoms with van der Waals surface area (Å²) in [6, 6.07) is 1.58. The highest BCUT2D eigenvalue weighted by molar-refractivity contribution is 5.80. The molecule has 2 rings (SSSR count). The van der Waals surface area contributed by atoms with Crippen molar-refractivity contribution in [3.63, 3.8) is 0 Å². The van der Waals surface area contributed by atoms with Crippen molar-refractivity contribution in [3.05, 3.63) is 27.9 Å². The van der Waals surface area contributed by atoms with Gasteiger partial charge in [0.1, 0.15) is 12.0 Å². The van der Waals surface area contributed by atoms with Crippen LogP contribution in [0.3, 0.4) is 0 Å². The molecule has 1 N–H and O–H groups in total. The predicted octanol–water partition coefficient (Wildman–Crippen LogP) is 1.33. The van der Waals surface area contributed by atoms with Gasteiger partial charge in [0, 0.05) is 18.7 Å². The molecule has 0 aliphatic carbocycles. The number of rotatable bonds is 4. The number of likely N-dealkylation sites (tertiary alicyclic amines) is 1. The Morgan fingerprint density at radius 1 is 1.53 bits per heavy atom. The maximum atomic E-state index is 11.8. The van der Waals surface area contributed by atoms with Crippen LogP contribution in [-0.2, 0) is 4.79 Å². The van der Waals surface area contributed by atoms with E-state index in [9.17, 15) is 14.9 Å². The molecule has 1 fully saturated rings. The first-order chi connectivity index (χ1) is 9.08. The highest BCUT2D eigenvalue weighted by atomic mass is 16.6. The van der Waals surface area contributed by atoms with E-state index in [1.807, 2.05) is 4.90 Å². The first-order valence-electron chi connectivity index (χ1n) is 6.20. The van der Waals surface area contributed by atoms with Crippen LogP contribution in [0.2, 0.25) is 0 Å². The molecule has 2 heterocycles. The summed E-state index contributed by atoms with van der Waals surface area (Å²) in [7, 11) is 0. The molecule has 7 nitrogen and oxygen atoms in total. The van der Waals surface area contributed by atoms with Gasteiger partial charge in [-0.3, -0.25) is 14.9 Å². The van der Waals surface area contributed by atoms with E-state index < -0.39 is 4.92 Å². The van der Waals surface area contributed by atoms with Gasteiger partial charge in [0.05, 0.1) is 11.5 Å². The normalized spacial score (nSPS) is 14.5. The van der Waals surface area contributed by atoms with Crippen LogP contribution in [0, 0.1) is 17.0 Å². The van der Waals surface area contributed by atoms with Gasteiger partial charge in [0.15, 0.2) is 0 Å². The van der Waals surface area contributed by atoms with Crippen LogP contribution in [0.15, 0.2) is 12.3 Å². The Morgan fingerprint density at radius 2 is 2.21 bits per heavy atom. The molecule has 0 atom stereocenters. The van der Waals surface area contributed by atoms with Gasteiger partial charge in [-0.1, -0.05) is 0 Å². The lowest BCUT2D eigenvalue weighted by Crippen LogP contribution is -2.33. The Hall–Kier alpha value is -2.18. The average Bonchev–Trinajstić information content (AvgIpc) is 2.89. The fourth-order valence-corrected chi connectivity index (χ4v) is 2.08. The van der Waals surface area contributed by atoms with Gasteiger partial charge in [-0.15, -0.1) is 0 Å². The van der Waals surface area contributed by atoms with Gasteiger partial charge < -0.3 is 10.2 Å². The van der Waals surface area contributed by atoms with Crippen molar-refractivity contribution in [3.8, 4) is 0 Å². The van der Waals surface area contributed by atoms with Crippen molar-refractivity contribution in [2.24, 2.45) is 0 Å². The number of anilines is 1. The molecule has 0 saturated carbocycles. The van der Waals surface area contributed by atoms with E-state index in [0.29, 0.717) is 11.4 Å². The van der Waals surface area contributed by atoms with Crippen molar-refractivity contribution in [1.82, 2.24) is 9.88 Å². The SMILES string of the molecule is Cc1cc(NCC(=O)N2CCCC2)ncc1[N+](=O)[O-]. The van der Waals surface area contributed by atoms with Crippen LogP contribution in [-0.4, -0.2) is 40.3 Å². The van der Waals surface area contributed by atoms with Gasteiger partial charge in [-0.05, 0) is 25.8 Å². The van der Waals surface area contributed by atoms with Crippen LogP contribution < -0.4 is 5.32 Å². The number of aromatic nitrogens is 1. The molecule has 0 aromatic carbocycles. The zero-order valence-electron chi connectivity index (χ0n) is 10.8. The van der Waals surface area contributed by atoms with Crippen molar-refractivity contribution in [2.75, 3.05) is 25.0 Å². The summed E-state index contributed by atoms with van der Waals surface area (Å²) in [5.41, 5.74) is 0.507. The second-order valence-electron chi connectivity index (χ2n) is 4.55. The zero-order chi connectivity index (χ0) is 13.8. The van der Waals surface area contributed by atoms with Crippen LogP contribution in [0.4, 0.5) is 11.5 Å². The molecular weight excluding hydrogens is 248 g/mol. The van der Waals surface area contributed by atoms with Crippen LogP contribution in [0.1, 0.15) is 18.4 Å². The zero-order valence-corrected chi connectivity index (χ0v) is 10.8. The molecule has 102 valence electrons. The highest BCUT2D eigenvalue weighted by Crippen LogP contribution is 2.18. The molecule has 0 spiro atoms. The van der Waals surface area contributed by atoms with Crippen LogP contribution in [0.25, 0.3) is 0 Å². The Kier molecular flexibility index (Phi) is 3.94. The summed E-state index contributed by atoms with van der Waals surface area (Å²) in [6.07, 6.45) is 3.32. The topological polar surface area (TPSA) is 88.4 Å². The third kappa shape index (κ3) is 3.18. The standard InChI is InChI=1S/C12H16N4O3/c1-9-6-11(13-7-10(9)16(18)19)14-8-12(17)15-4-2-3-5-15/h6-7H,2-5,8H2,1H3,(H,13,14). The van der Waals surface area contributed by atoms with Crippen LogP contribution in [0.5, 0.6) is 0 Å². The summed E-state index contributed by atoms with van der Waals surface area (Å²) in [5, 5.41) is 13.6. The van der Waals surface area contributed by atoms with E-state index in [1.54, 1.807) is 13.0 Å². The fraction of sp³-hybridized carbons (Fsp3) is 0.500. The van der Waals surface area contributed by atoms with Gasteiger partial charge >= 0.3 is 0 Å². The predicted molar refractivity (Wildman–Crippen MR) is 69.9 cm³/mol. The molecule has 19 heavy (non-hydrogen) atoms. The number of nitro groups is 1. The summed E-state index contributed by atoms with van der Waals surface area (Å²) in [5.74, 6) is 0.519. The third-order valence-electron chi connectivity index (χ3n) is 3.16. The number of carbonyl (C=O) groups excluding carboxylic acids is 1. The second-order valence-corrected chi connectivity index (χ2v) is 4.55. The molecule has 1 aromatic rings. The van der Waals surface area contributed by atoms with E-state index in [2.05, 4.69) is 10.3 Å². The lowest BCUT2D eigenvalue weighted by atomic mass is 10.2. The summed E-state index contributed by atoms with van der Waals surface area (Å²) in [6.45, 7) is 3.44. The lowest BCUT2D eigenvalue weighted by Gasteiger charge is -2.15. The van der Waals surface area contributed by atoms with Gasteiger partial charge in [-0.2, -0.15) is 0 Å². The molecule has 0 unspecified atom stereocenters. The van der Waals surface area contributed by atoms with E-state index in [1.165, 1.54) is 6.20 Å². The number of carbonyl (C=O) groups is 1. The largest absolute Gasteiger partial charge is 0.361 e. The highest BCUT2D eigenvalue weighted by Gasteiger charge is 2.18. The molecule has 1 aliphatic heterocycles. The van der Waals surface area contributed by atoms with Crippen molar-refractivity contribution < 1.29 is 9.72 Å². The van der Waals surface area contributed by atoms with Gasteiger partial charge in [0.2, 0.25) is 5.91 Å². The molecule has 1 aromatic heterocycles. The van der Waals surface area contributed by atoms with Crippen LogP contribution >= 0.6 is 0 Å². The van der Waals surface area contributed by atoms with E-state index in [-0.39, 0.29) is 18.1 Å². The molecule has 0 bridgehead atoms. The maximum Gasteiger partial charge on any atom is 0.290 e. The van der Waals surface area contributed by atoms with Gasteiger partial charge in [0.25, 0.3) is 5.69 Å². The molecule has 7 heteroatoms. The minimum atomic E-state index is -0.471. The molecular formula is C12H16N4O3. The van der Waals surface area contributed by atoms with E-state index in [4.69, 9.17) is 0 Å². The summed E-state index contributed by atoms with van der Waals surface area (Å²) in [4.78, 5) is 27.7. The van der Waals surface area contributed by atoms with Crippen molar-refractivity contribution >= 4 is 17.4 Å². The monoisotopic (exact) mass is 264 g/mol. The molecule has 1 amide bonds. The number of nitrogens with zero attached hydrogens (tertiary/aromatic N) is 3. The average molecular weight is 264 g/mol. The first kappa shape index (κ1) is 13.3. The number of hydrogen-bond donors (Lipinski definition) is 1. The first-order valence-corrected chi connectivity index (χ1v) is 6.20. The third-order valence-corrected chi connectivity index (χ3v) is 3.16. The van der Waals surface area contributed by atoms with E-state index in [0.717, 1.165) is 25.9 Å². The Balaban J connectivity index is 1.94. The lowest BCUT2D eigenvalue weighted by molar-refractivity contribution is -0.385. The van der Waals surface area contributed by atoms with Crippen molar-refractivity contribution in [1.29, 1.82) is 0 Å². The van der Waals surface area contributed by atoms with E-state index >= 15 is 0 Å². The van der Waals surface area contributed by atoms with Crippen molar-refractivity contribution in [2.45, 2.75) is 19.8 Å². The summed E-state index contributed by atoms with van der Waals surface area (Å²) >= 11 is 0. The maximum absolute atomic E-state index is 11.8. The second kappa shape index (κ2) is 5.64. The quantitative estimate of drug-likeness (QED) is 0.654. The molecule has 0 radical (unpaired) electrons. The smallest absolute Gasteiger partial charge is 0.290 e. The molecule has 1 saturated heterocycles. The number of hydrogen-bond acceptors (Lipinski definition) is 5. The summed E-state index contributed by atoms with van der Waals surface area (Å²) < 4.78 is 0. The Bertz CT molecular complexity index is 498. The number of amides is 1. The minimum Gasteiger partial charge on any atom is -0.361 e. The number of pyridine rings is 1. The number of aryl methyl sites for hydroxylation is 1. The van der Waals surface area contributed by atoms with Gasteiger partial charge in [-0.25, -0.2) is 4.98 Å². The Morgan fingerprint density at radius 3 is 2.79 bits per heavy atom. The minimum absolute atomic E-state index is 0.0172. The molecule has 1 aliphatic rings. The Labute approximate surface area is 110 Å². The number of nitrogens with one attached hydrogen (secondary N) is 1. The fourth-order valence-electron chi connectivity index (χ4n) is 2.08.